The molecule has 0 bridgehead atoms. The Bertz CT molecular complexity index is 825. The maximum atomic E-state index is 12.8. The number of carbonyl (C=O) groups is 2. The molecule has 1 fully saturated rings. The van der Waals surface area contributed by atoms with Crippen molar-refractivity contribution in [3.63, 3.8) is 0 Å². The zero-order valence-electron chi connectivity index (χ0n) is 14.9. The van der Waals surface area contributed by atoms with Crippen LogP contribution in [0.15, 0.2) is 36.5 Å². The number of rotatable bonds is 6. The lowest BCUT2D eigenvalue weighted by molar-refractivity contribution is -0.138. The smallest absolute Gasteiger partial charge is 0.317 e. The fourth-order valence-electron chi connectivity index (χ4n) is 3.02. The molecule has 0 radical (unpaired) electrons. The Balaban J connectivity index is 1.64. The maximum absolute atomic E-state index is 12.8. The molecular formula is C18H21ClN4O4. The highest BCUT2D eigenvalue weighted by atomic mass is 35.5. The summed E-state index contributed by atoms with van der Waals surface area (Å²) in [6.07, 6.45) is 1.49. The van der Waals surface area contributed by atoms with Crippen molar-refractivity contribution >= 4 is 23.5 Å². The number of morpholine rings is 1. The van der Waals surface area contributed by atoms with Crippen molar-refractivity contribution < 1.29 is 19.4 Å². The molecule has 1 saturated heterocycles. The Kier molecular flexibility index (Phi) is 6.10. The number of hydrogen-bond acceptors (Lipinski definition) is 5. The number of benzene rings is 1. The lowest BCUT2D eigenvalue weighted by Crippen LogP contribution is -2.49. The molecule has 144 valence electrons. The number of carboxylic acid groups (broad SMARTS) is 1. The SMILES string of the molecule is CN(CC(=O)O)CC1CN(C(=O)c2ccn(-c3cccc(Cl)c3)n2)CCO1. The monoisotopic (exact) mass is 392 g/mol. The summed E-state index contributed by atoms with van der Waals surface area (Å²) in [5.74, 6) is -1.07. The number of likely N-dealkylation sites (N-methyl/N-ethyl adjacent to an activating group) is 1. The number of carbonyl (C=O) groups excluding carboxylic acids is 1. The number of carboxylic acids is 1. The van der Waals surface area contributed by atoms with Crippen LogP contribution < -0.4 is 0 Å². The molecule has 1 aromatic carbocycles. The van der Waals surface area contributed by atoms with E-state index in [9.17, 15) is 9.59 Å². The topological polar surface area (TPSA) is 87.9 Å². The molecular weight excluding hydrogens is 372 g/mol. The molecule has 1 aliphatic heterocycles. The van der Waals surface area contributed by atoms with E-state index in [1.54, 1.807) is 45.9 Å². The Morgan fingerprint density at radius 3 is 2.96 bits per heavy atom. The molecule has 9 heteroatoms. The van der Waals surface area contributed by atoms with Gasteiger partial charge in [-0.25, -0.2) is 4.68 Å². The molecule has 1 amide bonds. The second kappa shape index (κ2) is 8.51. The van der Waals surface area contributed by atoms with Crippen LogP contribution in [-0.2, 0) is 9.53 Å². The second-order valence-corrected chi connectivity index (χ2v) is 6.90. The van der Waals surface area contributed by atoms with Crippen LogP contribution in [0.4, 0.5) is 0 Å². The largest absolute Gasteiger partial charge is 0.480 e. The van der Waals surface area contributed by atoms with Gasteiger partial charge < -0.3 is 14.7 Å². The summed E-state index contributed by atoms with van der Waals surface area (Å²) >= 11 is 6.00. The fraction of sp³-hybridized carbons (Fsp3) is 0.389. The average Bonchev–Trinajstić information content (AvgIpc) is 3.10. The zero-order valence-corrected chi connectivity index (χ0v) is 15.7. The van der Waals surface area contributed by atoms with Crippen LogP contribution in [-0.4, -0.2) is 82.5 Å². The van der Waals surface area contributed by atoms with Crippen molar-refractivity contribution in [2.45, 2.75) is 6.10 Å². The van der Waals surface area contributed by atoms with Gasteiger partial charge in [0.05, 0.1) is 24.9 Å². The van der Waals surface area contributed by atoms with E-state index >= 15 is 0 Å². The minimum absolute atomic E-state index is 0.0716. The predicted octanol–water partition coefficient (Wildman–Crippen LogP) is 1.38. The molecule has 0 aliphatic carbocycles. The molecule has 1 atom stereocenters. The third-order valence-corrected chi connectivity index (χ3v) is 4.46. The van der Waals surface area contributed by atoms with Crippen LogP contribution in [0.25, 0.3) is 5.69 Å². The summed E-state index contributed by atoms with van der Waals surface area (Å²) in [6.45, 7) is 1.64. The summed E-state index contributed by atoms with van der Waals surface area (Å²) in [4.78, 5) is 26.9. The van der Waals surface area contributed by atoms with Gasteiger partial charge in [0.25, 0.3) is 5.91 Å². The van der Waals surface area contributed by atoms with Gasteiger partial charge >= 0.3 is 5.97 Å². The highest BCUT2D eigenvalue weighted by Crippen LogP contribution is 2.16. The summed E-state index contributed by atoms with van der Waals surface area (Å²) in [6, 6.07) is 8.89. The summed E-state index contributed by atoms with van der Waals surface area (Å²) in [7, 11) is 1.71. The lowest BCUT2D eigenvalue weighted by atomic mass is 10.2. The van der Waals surface area contributed by atoms with Gasteiger partial charge in [-0.15, -0.1) is 0 Å². The van der Waals surface area contributed by atoms with Crippen molar-refractivity contribution in [2.24, 2.45) is 0 Å². The van der Waals surface area contributed by atoms with Gasteiger partial charge in [-0.05, 0) is 31.3 Å². The van der Waals surface area contributed by atoms with E-state index in [1.165, 1.54) is 0 Å². The molecule has 27 heavy (non-hydrogen) atoms. The Morgan fingerprint density at radius 2 is 2.22 bits per heavy atom. The molecule has 1 N–H and O–H groups in total. The predicted molar refractivity (Wildman–Crippen MR) is 99.4 cm³/mol. The van der Waals surface area contributed by atoms with Gasteiger partial charge in [-0.3, -0.25) is 14.5 Å². The van der Waals surface area contributed by atoms with Crippen molar-refractivity contribution in [3.8, 4) is 5.69 Å². The van der Waals surface area contributed by atoms with Gasteiger partial charge in [0.1, 0.15) is 0 Å². The quantitative estimate of drug-likeness (QED) is 0.799. The van der Waals surface area contributed by atoms with Gasteiger partial charge in [0.2, 0.25) is 0 Å². The minimum atomic E-state index is -0.896. The average molecular weight is 393 g/mol. The highest BCUT2D eigenvalue weighted by molar-refractivity contribution is 6.30. The van der Waals surface area contributed by atoms with Crippen molar-refractivity contribution in [2.75, 3.05) is 39.8 Å². The van der Waals surface area contributed by atoms with E-state index < -0.39 is 5.97 Å². The Morgan fingerprint density at radius 1 is 1.41 bits per heavy atom. The van der Waals surface area contributed by atoms with Crippen LogP contribution >= 0.6 is 11.6 Å². The van der Waals surface area contributed by atoms with Crippen molar-refractivity contribution in [1.82, 2.24) is 19.6 Å². The van der Waals surface area contributed by atoms with Crippen LogP contribution in [0, 0.1) is 0 Å². The fourth-order valence-corrected chi connectivity index (χ4v) is 3.20. The van der Waals surface area contributed by atoms with Gasteiger partial charge in [-0.1, -0.05) is 17.7 Å². The molecule has 3 rings (SSSR count). The third-order valence-electron chi connectivity index (χ3n) is 4.23. The molecule has 0 saturated carbocycles. The van der Waals surface area contributed by atoms with Crippen LogP contribution in [0.1, 0.15) is 10.5 Å². The van der Waals surface area contributed by atoms with E-state index in [4.69, 9.17) is 21.4 Å². The molecule has 0 spiro atoms. The molecule has 1 aromatic heterocycles. The highest BCUT2D eigenvalue weighted by Gasteiger charge is 2.27. The number of ether oxygens (including phenoxy) is 1. The molecule has 2 heterocycles. The lowest BCUT2D eigenvalue weighted by Gasteiger charge is -2.34. The maximum Gasteiger partial charge on any atom is 0.317 e. The first-order chi connectivity index (χ1) is 12.9. The second-order valence-electron chi connectivity index (χ2n) is 6.46. The van der Waals surface area contributed by atoms with Gasteiger partial charge in [0, 0.05) is 30.9 Å². The van der Waals surface area contributed by atoms with E-state index in [0.717, 1.165) is 5.69 Å². The van der Waals surface area contributed by atoms with E-state index in [0.29, 0.717) is 37.0 Å². The van der Waals surface area contributed by atoms with Gasteiger partial charge in [-0.2, -0.15) is 5.10 Å². The van der Waals surface area contributed by atoms with Crippen molar-refractivity contribution in [1.29, 1.82) is 0 Å². The standard InChI is InChI=1S/C18H21ClN4O4/c1-21(12-17(24)25)10-15-11-22(7-8-27-15)18(26)16-5-6-23(20-16)14-4-2-3-13(19)9-14/h2-6,9,15H,7-8,10-12H2,1H3,(H,24,25). The van der Waals surface area contributed by atoms with Gasteiger partial charge in [0.15, 0.2) is 5.69 Å². The first-order valence-electron chi connectivity index (χ1n) is 8.55. The normalized spacial score (nSPS) is 17.3. The Labute approximate surface area is 161 Å². The number of nitrogens with zero attached hydrogens (tertiary/aromatic N) is 4. The number of hydrogen-bond donors (Lipinski definition) is 1. The molecule has 2 aromatic rings. The number of halogens is 1. The minimum Gasteiger partial charge on any atom is -0.480 e. The number of aliphatic carboxylic acids is 1. The van der Waals surface area contributed by atoms with Crippen LogP contribution in [0.2, 0.25) is 5.02 Å². The zero-order chi connectivity index (χ0) is 19.4. The number of amides is 1. The van der Waals surface area contributed by atoms with E-state index in [2.05, 4.69) is 5.10 Å². The summed E-state index contributed by atoms with van der Waals surface area (Å²) in [5.41, 5.74) is 1.12. The molecule has 1 unspecified atom stereocenters. The van der Waals surface area contributed by atoms with E-state index in [-0.39, 0.29) is 18.6 Å². The first-order valence-corrected chi connectivity index (χ1v) is 8.93. The van der Waals surface area contributed by atoms with Crippen molar-refractivity contribution in [3.05, 3.63) is 47.2 Å². The summed E-state index contributed by atoms with van der Waals surface area (Å²) in [5, 5.41) is 13.8. The first kappa shape index (κ1) is 19.3. The van der Waals surface area contributed by atoms with Crippen LogP contribution in [0.3, 0.4) is 0 Å². The third kappa shape index (κ3) is 5.06. The Hall–Kier alpha value is -2.42. The number of aromatic nitrogens is 2. The molecule has 1 aliphatic rings. The van der Waals surface area contributed by atoms with Crippen LogP contribution in [0.5, 0.6) is 0 Å². The summed E-state index contributed by atoms with van der Waals surface area (Å²) < 4.78 is 7.27. The molecule has 8 nitrogen and oxygen atoms in total. The van der Waals surface area contributed by atoms with E-state index in [1.807, 2.05) is 12.1 Å².